The molecule has 0 radical (unpaired) electrons. The van der Waals surface area contributed by atoms with Crippen molar-refractivity contribution in [1.82, 2.24) is 0 Å². The first-order valence-corrected chi connectivity index (χ1v) is 3.81. The van der Waals surface area contributed by atoms with E-state index in [2.05, 4.69) is 11.9 Å². The predicted molar refractivity (Wildman–Crippen MR) is 49.0 cm³/mol. The number of nitrogens with one attached hydrogen (secondary N) is 1. The van der Waals surface area contributed by atoms with Crippen molar-refractivity contribution in [2.24, 2.45) is 0 Å². The predicted octanol–water partition coefficient (Wildman–Crippen LogP) is 1.97. The average Bonchev–Trinajstić information content (AvgIpc) is 2.48. The van der Waals surface area contributed by atoms with Crippen LogP contribution in [0.15, 0.2) is 28.7 Å². The van der Waals surface area contributed by atoms with Crippen molar-refractivity contribution in [3.8, 4) is 0 Å². The molecule has 4 nitrogen and oxygen atoms in total. The summed E-state index contributed by atoms with van der Waals surface area (Å²) in [6.45, 7) is 6.14. The summed E-state index contributed by atoms with van der Waals surface area (Å²) < 4.78 is 4.94. The molecule has 0 aromatic carbocycles. The normalized spacial score (nSPS) is 9.62. The van der Waals surface area contributed by atoms with E-state index in [1.807, 2.05) is 6.92 Å². The summed E-state index contributed by atoms with van der Waals surface area (Å²) in [4.78, 5) is 10.4. The summed E-state index contributed by atoms with van der Waals surface area (Å²) in [5, 5.41) is 11.4. The zero-order valence-corrected chi connectivity index (χ0v) is 7.33. The highest BCUT2D eigenvalue weighted by atomic mass is 16.4. The Morgan fingerprint density at radius 3 is 2.85 bits per heavy atom. The topological polar surface area (TPSA) is 62.5 Å². The Morgan fingerprint density at radius 2 is 2.38 bits per heavy atom. The molecule has 0 fully saturated rings. The second-order valence-electron chi connectivity index (χ2n) is 2.78. The molecule has 0 aliphatic rings. The number of carboxylic acid groups (broad SMARTS) is 1. The van der Waals surface area contributed by atoms with Crippen molar-refractivity contribution >= 4 is 11.9 Å². The van der Waals surface area contributed by atoms with Gasteiger partial charge in [0, 0.05) is 12.6 Å². The molecule has 1 rings (SSSR count). The van der Waals surface area contributed by atoms with Crippen molar-refractivity contribution in [3.63, 3.8) is 0 Å². The maximum absolute atomic E-state index is 10.4. The lowest BCUT2D eigenvalue weighted by Gasteiger charge is -2.00. The number of rotatable bonds is 4. The molecule has 1 heterocycles. The summed E-state index contributed by atoms with van der Waals surface area (Å²) >= 11 is 0. The van der Waals surface area contributed by atoms with Gasteiger partial charge in [0.15, 0.2) is 5.88 Å². The van der Waals surface area contributed by atoms with E-state index in [0.29, 0.717) is 12.4 Å². The van der Waals surface area contributed by atoms with E-state index >= 15 is 0 Å². The van der Waals surface area contributed by atoms with Crippen molar-refractivity contribution in [2.45, 2.75) is 6.92 Å². The molecule has 2 N–H and O–H groups in total. The molecule has 1 aromatic rings. The van der Waals surface area contributed by atoms with E-state index in [-0.39, 0.29) is 5.76 Å². The second-order valence-corrected chi connectivity index (χ2v) is 2.78. The molecule has 0 amide bonds. The van der Waals surface area contributed by atoms with E-state index in [0.717, 1.165) is 5.57 Å². The standard InChI is InChI=1S/C9H11NO3/c1-6(2)5-10-8-4-3-7(13-8)9(11)12/h3-4,10H,1,5H2,2H3,(H,11,12). The number of hydrogen-bond donors (Lipinski definition) is 2. The minimum Gasteiger partial charge on any atom is -0.475 e. The second kappa shape index (κ2) is 3.80. The number of carbonyl (C=O) groups is 1. The van der Waals surface area contributed by atoms with Gasteiger partial charge < -0.3 is 14.8 Å². The third-order valence-corrected chi connectivity index (χ3v) is 1.38. The molecule has 0 spiro atoms. The Balaban J connectivity index is 2.59. The highest BCUT2D eigenvalue weighted by molar-refractivity contribution is 5.84. The van der Waals surface area contributed by atoms with Crippen LogP contribution in [-0.2, 0) is 0 Å². The maximum Gasteiger partial charge on any atom is 0.371 e. The molecule has 4 heteroatoms. The lowest BCUT2D eigenvalue weighted by atomic mass is 10.3. The summed E-state index contributed by atoms with van der Waals surface area (Å²) in [6, 6.07) is 2.98. The van der Waals surface area contributed by atoms with Crippen LogP contribution in [0.5, 0.6) is 0 Å². The minimum atomic E-state index is -1.07. The lowest BCUT2D eigenvalue weighted by molar-refractivity contribution is 0.0663. The van der Waals surface area contributed by atoms with Crippen LogP contribution in [0, 0.1) is 0 Å². The van der Waals surface area contributed by atoms with E-state index < -0.39 is 5.97 Å². The third-order valence-electron chi connectivity index (χ3n) is 1.38. The van der Waals surface area contributed by atoms with Gasteiger partial charge in [0.05, 0.1) is 0 Å². The number of furan rings is 1. The van der Waals surface area contributed by atoms with Crippen LogP contribution in [0.3, 0.4) is 0 Å². The Morgan fingerprint density at radius 1 is 1.69 bits per heavy atom. The van der Waals surface area contributed by atoms with E-state index in [9.17, 15) is 4.79 Å². The van der Waals surface area contributed by atoms with Crippen molar-refractivity contribution in [2.75, 3.05) is 11.9 Å². The molecule has 0 bridgehead atoms. The zero-order valence-electron chi connectivity index (χ0n) is 7.33. The number of anilines is 1. The minimum absolute atomic E-state index is 0.0655. The molecule has 0 atom stereocenters. The van der Waals surface area contributed by atoms with Gasteiger partial charge in [-0.15, -0.1) is 0 Å². The quantitative estimate of drug-likeness (QED) is 0.697. The van der Waals surface area contributed by atoms with Gasteiger partial charge in [-0.1, -0.05) is 12.2 Å². The molecule has 1 aromatic heterocycles. The highest BCUT2D eigenvalue weighted by Gasteiger charge is 2.07. The summed E-state index contributed by atoms with van der Waals surface area (Å²) in [5.74, 6) is -0.687. The van der Waals surface area contributed by atoms with Crippen molar-refractivity contribution in [1.29, 1.82) is 0 Å². The van der Waals surface area contributed by atoms with E-state index in [1.54, 1.807) is 6.07 Å². The molecular formula is C9H11NO3. The van der Waals surface area contributed by atoms with Gasteiger partial charge in [-0.2, -0.15) is 0 Å². The van der Waals surface area contributed by atoms with Crippen LogP contribution in [-0.4, -0.2) is 17.6 Å². The Bertz CT molecular complexity index is 327. The third kappa shape index (κ3) is 2.66. The Kier molecular flexibility index (Phi) is 2.74. The lowest BCUT2D eigenvalue weighted by Crippen LogP contribution is -2.00. The Hall–Kier alpha value is -1.71. The molecule has 0 saturated heterocycles. The molecule has 0 aliphatic heterocycles. The van der Waals surface area contributed by atoms with Crippen LogP contribution in [0.4, 0.5) is 5.88 Å². The smallest absolute Gasteiger partial charge is 0.371 e. The zero-order chi connectivity index (χ0) is 9.84. The molecule has 13 heavy (non-hydrogen) atoms. The van der Waals surface area contributed by atoms with Crippen LogP contribution in [0.2, 0.25) is 0 Å². The van der Waals surface area contributed by atoms with Gasteiger partial charge >= 0.3 is 5.97 Å². The first-order chi connectivity index (χ1) is 6.09. The molecule has 0 saturated carbocycles. The molecule has 0 aliphatic carbocycles. The van der Waals surface area contributed by atoms with Gasteiger partial charge in [0.1, 0.15) is 0 Å². The van der Waals surface area contributed by atoms with Crippen molar-refractivity contribution < 1.29 is 14.3 Å². The summed E-state index contributed by atoms with van der Waals surface area (Å²) in [7, 11) is 0. The van der Waals surface area contributed by atoms with E-state index in [1.165, 1.54) is 6.07 Å². The molecule has 0 unspecified atom stereocenters. The number of hydrogen-bond acceptors (Lipinski definition) is 3. The monoisotopic (exact) mass is 181 g/mol. The number of aromatic carboxylic acids is 1. The van der Waals surface area contributed by atoms with Crippen LogP contribution in [0.25, 0.3) is 0 Å². The SMILES string of the molecule is C=C(C)CNc1ccc(C(=O)O)o1. The van der Waals surface area contributed by atoms with E-state index in [4.69, 9.17) is 9.52 Å². The van der Waals surface area contributed by atoms with Crippen LogP contribution < -0.4 is 5.32 Å². The van der Waals surface area contributed by atoms with Crippen molar-refractivity contribution in [3.05, 3.63) is 30.0 Å². The molecule has 70 valence electrons. The fourth-order valence-electron chi connectivity index (χ4n) is 0.786. The Labute approximate surface area is 75.9 Å². The first-order valence-electron chi connectivity index (χ1n) is 3.81. The summed E-state index contributed by atoms with van der Waals surface area (Å²) in [5.41, 5.74) is 0.952. The van der Waals surface area contributed by atoms with Gasteiger partial charge in [-0.3, -0.25) is 0 Å². The highest BCUT2D eigenvalue weighted by Crippen LogP contribution is 2.13. The van der Waals surface area contributed by atoms with Gasteiger partial charge in [0.25, 0.3) is 0 Å². The summed E-state index contributed by atoms with van der Waals surface area (Å²) in [6.07, 6.45) is 0. The average molecular weight is 181 g/mol. The van der Waals surface area contributed by atoms with Gasteiger partial charge in [0.2, 0.25) is 5.76 Å². The largest absolute Gasteiger partial charge is 0.475 e. The van der Waals surface area contributed by atoms with Crippen LogP contribution in [0.1, 0.15) is 17.5 Å². The van der Waals surface area contributed by atoms with Gasteiger partial charge in [-0.25, -0.2) is 4.79 Å². The maximum atomic E-state index is 10.4. The fraction of sp³-hybridized carbons (Fsp3) is 0.222. The first kappa shape index (κ1) is 9.38. The molecular weight excluding hydrogens is 170 g/mol. The van der Waals surface area contributed by atoms with Gasteiger partial charge in [-0.05, 0) is 13.0 Å². The van der Waals surface area contributed by atoms with Crippen LogP contribution >= 0.6 is 0 Å². The fourth-order valence-corrected chi connectivity index (χ4v) is 0.786. The number of carboxylic acids is 1.